The summed E-state index contributed by atoms with van der Waals surface area (Å²) in [6.07, 6.45) is 10.4. The SMILES string of the molecule is C\C=C/C(=C\C=C\OC(CC)C(=O)NCc1c(OC)cccc1OC)CC. The Balaban J connectivity index is 2.70. The van der Waals surface area contributed by atoms with E-state index in [1.165, 1.54) is 5.57 Å². The highest BCUT2D eigenvalue weighted by Crippen LogP contribution is 2.27. The summed E-state index contributed by atoms with van der Waals surface area (Å²) in [7, 11) is 3.18. The van der Waals surface area contributed by atoms with E-state index < -0.39 is 6.10 Å². The van der Waals surface area contributed by atoms with Crippen molar-refractivity contribution in [2.24, 2.45) is 0 Å². The molecule has 0 radical (unpaired) electrons. The van der Waals surface area contributed by atoms with Gasteiger partial charge in [0.25, 0.3) is 5.91 Å². The summed E-state index contributed by atoms with van der Waals surface area (Å²) >= 11 is 0. The number of carbonyl (C=O) groups excluding carboxylic acids is 1. The maximum absolute atomic E-state index is 12.5. The number of hydrogen-bond acceptors (Lipinski definition) is 4. The molecule has 1 N–H and O–H groups in total. The summed E-state index contributed by atoms with van der Waals surface area (Å²) in [5.41, 5.74) is 1.99. The van der Waals surface area contributed by atoms with Crippen LogP contribution in [0.15, 0.2) is 54.3 Å². The van der Waals surface area contributed by atoms with Gasteiger partial charge in [0, 0.05) is 0 Å². The van der Waals surface area contributed by atoms with Gasteiger partial charge < -0.3 is 19.5 Å². The number of allylic oxidation sites excluding steroid dienone is 5. The molecule has 0 fully saturated rings. The number of hydrogen-bond donors (Lipinski definition) is 1. The predicted octanol–water partition coefficient (Wildman–Crippen LogP) is 4.54. The highest BCUT2D eigenvalue weighted by Gasteiger charge is 2.18. The standard InChI is InChI=1S/C22H31NO4/c1-6-11-17(7-2)12-10-15-27-19(8-3)22(24)23-16-18-20(25-4)13-9-14-21(18)26-5/h6,9-15,19H,7-8,16H2,1-5H3,(H,23,24)/b11-6-,15-10+,17-12-. The van der Waals surface area contributed by atoms with Crippen LogP contribution in [-0.2, 0) is 16.1 Å². The third-order valence-corrected chi connectivity index (χ3v) is 4.05. The Hall–Kier alpha value is -2.69. The predicted molar refractivity (Wildman–Crippen MR) is 109 cm³/mol. The Morgan fingerprint density at radius 1 is 1.19 bits per heavy atom. The Morgan fingerprint density at radius 3 is 2.37 bits per heavy atom. The van der Waals surface area contributed by atoms with Crippen molar-refractivity contribution < 1.29 is 19.0 Å². The van der Waals surface area contributed by atoms with Crippen molar-refractivity contribution in [1.29, 1.82) is 0 Å². The van der Waals surface area contributed by atoms with Gasteiger partial charge in [-0.3, -0.25) is 4.79 Å². The van der Waals surface area contributed by atoms with Gasteiger partial charge in [-0.05, 0) is 43.5 Å². The van der Waals surface area contributed by atoms with Crippen molar-refractivity contribution in [3.63, 3.8) is 0 Å². The lowest BCUT2D eigenvalue weighted by Crippen LogP contribution is -2.35. The van der Waals surface area contributed by atoms with Gasteiger partial charge in [-0.1, -0.05) is 38.1 Å². The number of carbonyl (C=O) groups is 1. The minimum absolute atomic E-state index is 0.178. The highest BCUT2D eigenvalue weighted by atomic mass is 16.5. The van der Waals surface area contributed by atoms with Gasteiger partial charge in [0.2, 0.25) is 0 Å². The van der Waals surface area contributed by atoms with Crippen LogP contribution in [0.5, 0.6) is 11.5 Å². The molecule has 0 aliphatic rings. The van der Waals surface area contributed by atoms with E-state index in [1.54, 1.807) is 20.5 Å². The van der Waals surface area contributed by atoms with Gasteiger partial charge >= 0.3 is 0 Å². The van der Waals surface area contributed by atoms with Gasteiger partial charge in [-0.2, -0.15) is 0 Å². The topological polar surface area (TPSA) is 56.8 Å². The molecule has 1 amide bonds. The van der Waals surface area contributed by atoms with Gasteiger partial charge in [0.05, 0.1) is 32.6 Å². The third-order valence-electron chi connectivity index (χ3n) is 4.05. The Kier molecular flexibility index (Phi) is 10.5. The van der Waals surface area contributed by atoms with E-state index in [2.05, 4.69) is 18.3 Å². The van der Waals surface area contributed by atoms with Crippen molar-refractivity contribution in [2.45, 2.75) is 46.3 Å². The zero-order chi connectivity index (χ0) is 20.1. The molecule has 1 aromatic carbocycles. The average Bonchev–Trinajstić information content (AvgIpc) is 2.70. The lowest BCUT2D eigenvalue weighted by molar-refractivity contribution is -0.130. The largest absolute Gasteiger partial charge is 0.496 e. The molecular weight excluding hydrogens is 342 g/mol. The first kappa shape index (κ1) is 22.4. The first-order chi connectivity index (χ1) is 13.1. The summed E-state index contributed by atoms with van der Waals surface area (Å²) in [4.78, 5) is 12.5. The molecule has 148 valence electrons. The fourth-order valence-corrected chi connectivity index (χ4v) is 2.54. The van der Waals surface area contributed by atoms with E-state index in [-0.39, 0.29) is 5.91 Å². The molecule has 0 bridgehead atoms. The molecule has 0 saturated carbocycles. The summed E-state index contributed by atoms with van der Waals surface area (Å²) in [6.45, 7) is 6.29. The van der Waals surface area contributed by atoms with Gasteiger partial charge in [0.15, 0.2) is 6.10 Å². The number of methoxy groups -OCH3 is 2. The molecule has 0 spiro atoms. The molecule has 1 aromatic rings. The number of nitrogens with one attached hydrogen (secondary N) is 1. The molecule has 27 heavy (non-hydrogen) atoms. The zero-order valence-corrected chi connectivity index (χ0v) is 17.0. The Labute approximate surface area is 162 Å². The van der Waals surface area contributed by atoms with E-state index in [0.717, 1.165) is 12.0 Å². The van der Waals surface area contributed by atoms with Crippen LogP contribution in [0, 0.1) is 0 Å². The second kappa shape index (κ2) is 12.6. The van der Waals surface area contributed by atoms with E-state index >= 15 is 0 Å². The van der Waals surface area contributed by atoms with Crippen molar-refractivity contribution in [1.82, 2.24) is 5.32 Å². The van der Waals surface area contributed by atoms with Crippen LogP contribution < -0.4 is 14.8 Å². The summed E-state index contributed by atoms with van der Waals surface area (Å²) in [5, 5.41) is 2.90. The van der Waals surface area contributed by atoms with Crippen LogP contribution >= 0.6 is 0 Å². The molecule has 1 unspecified atom stereocenters. The first-order valence-electron chi connectivity index (χ1n) is 9.22. The quantitative estimate of drug-likeness (QED) is 0.457. The van der Waals surface area contributed by atoms with Crippen LogP contribution in [0.3, 0.4) is 0 Å². The lowest BCUT2D eigenvalue weighted by atomic mass is 10.1. The maximum atomic E-state index is 12.5. The average molecular weight is 373 g/mol. The lowest BCUT2D eigenvalue weighted by Gasteiger charge is -2.17. The second-order valence-corrected chi connectivity index (χ2v) is 5.82. The van der Waals surface area contributed by atoms with Crippen molar-refractivity contribution in [3.8, 4) is 11.5 Å². The fraction of sp³-hybridized carbons (Fsp3) is 0.409. The smallest absolute Gasteiger partial charge is 0.261 e. The van der Waals surface area contributed by atoms with Crippen molar-refractivity contribution >= 4 is 5.91 Å². The monoisotopic (exact) mass is 373 g/mol. The second-order valence-electron chi connectivity index (χ2n) is 5.82. The molecule has 1 atom stereocenters. The molecule has 0 heterocycles. The molecule has 0 aliphatic carbocycles. The fourth-order valence-electron chi connectivity index (χ4n) is 2.54. The molecule has 0 aliphatic heterocycles. The van der Waals surface area contributed by atoms with E-state index in [4.69, 9.17) is 14.2 Å². The highest BCUT2D eigenvalue weighted by molar-refractivity contribution is 5.80. The Morgan fingerprint density at radius 2 is 1.85 bits per heavy atom. The minimum atomic E-state index is -0.554. The summed E-state index contributed by atoms with van der Waals surface area (Å²) in [5.74, 6) is 1.16. The van der Waals surface area contributed by atoms with Crippen LogP contribution in [0.2, 0.25) is 0 Å². The third kappa shape index (κ3) is 7.21. The molecule has 0 aromatic heterocycles. The van der Waals surface area contributed by atoms with Crippen LogP contribution in [0.4, 0.5) is 0 Å². The van der Waals surface area contributed by atoms with Crippen LogP contribution in [0.1, 0.15) is 39.2 Å². The molecule has 5 nitrogen and oxygen atoms in total. The summed E-state index contributed by atoms with van der Waals surface area (Å²) in [6, 6.07) is 5.52. The molecular formula is C22H31NO4. The maximum Gasteiger partial charge on any atom is 0.261 e. The molecule has 0 saturated heterocycles. The minimum Gasteiger partial charge on any atom is -0.496 e. The number of benzene rings is 1. The number of rotatable bonds is 11. The summed E-state index contributed by atoms with van der Waals surface area (Å²) < 4.78 is 16.3. The van der Waals surface area contributed by atoms with Crippen LogP contribution in [-0.4, -0.2) is 26.2 Å². The van der Waals surface area contributed by atoms with Crippen molar-refractivity contribution in [2.75, 3.05) is 14.2 Å². The molecule has 5 heteroatoms. The number of amides is 1. The van der Waals surface area contributed by atoms with Gasteiger partial charge in [0.1, 0.15) is 11.5 Å². The van der Waals surface area contributed by atoms with Gasteiger partial charge in [-0.25, -0.2) is 0 Å². The zero-order valence-electron chi connectivity index (χ0n) is 17.0. The van der Waals surface area contributed by atoms with E-state index in [1.807, 2.05) is 50.3 Å². The van der Waals surface area contributed by atoms with E-state index in [9.17, 15) is 4.79 Å². The first-order valence-corrected chi connectivity index (χ1v) is 9.22. The van der Waals surface area contributed by atoms with E-state index in [0.29, 0.717) is 24.5 Å². The normalized spacial score (nSPS) is 13.0. The van der Waals surface area contributed by atoms with Crippen LogP contribution in [0.25, 0.3) is 0 Å². The number of ether oxygens (including phenoxy) is 3. The molecule has 1 rings (SSSR count). The van der Waals surface area contributed by atoms with Crippen molar-refractivity contribution in [3.05, 3.63) is 59.9 Å². The Bertz CT molecular complexity index is 655. The van der Waals surface area contributed by atoms with Gasteiger partial charge in [-0.15, -0.1) is 0 Å².